The monoisotopic (exact) mass is 425 g/mol. The maximum absolute atomic E-state index is 15.0. The number of nitrogens with two attached hydrogens (primary N) is 1. The predicted molar refractivity (Wildman–Crippen MR) is 107 cm³/mol. The number of carbonyl (C=O) groups excluding carboxylic acids is 3. The van der Waals surface area contributed by atoms with Crippen LogP contribution in [0.25, 0.3) is 5.69 Å². The van der Waals surface area contributed by atoms with Crippen LogP contribution in [-0.4, -0.2) is 59.6 Å². The topological polar surface area (TPSA) is 120 Å². The van der Waals surface area contributed by atoms with Crippen LogP contribution in [-0.2, 0) is 4.79 Å². The molecular weight excluding hydrogens is 405 g/mol. The molecule has 160 valence electrons. The molecule has 1 saturated heterocycles. The molecule has 1 aromatic carbocycles. The fourth-order valence-corrected chi connectivity index (χ4v) is 3.68. The number of aromatic nitrogens is 2. The highest BCUT2D eigenvalue weighted by molar-refractivity contribution is 6.06. The lowest BCUT2D eigenvalue weighted by Crippen LogP contribution is -2.24. The molecule has 0 spiro atoms. The normalized spacial score (nSPS) is 19.5. The summed E-state index contributed by atoms with van der Waals surface area (Å²) in [5.41, 5.74) is 5.57. The van der Waals surface area contributed by atoms with Gasteiger partial charge in [-0.15, -0.1) is 0 Å². The molecule has 2 aromatic rings. The van der Waals surface area contributed by atoms with Gasteiger partial charge in [0, 0.05) is 26.2 Å². The van der Waals surface area contributed by atoms with Crippen LogP contribution in [0.15, 0.2) is 18.2 Å². The highest BCUT2D eigenvalue weighted by Crippen LogP contribution is 2.35. The van der Waals surface area contributed by atoms with Crippen LogP contribution in [0, 0.1) is 17.8 Å². The van der Waals surface area contributed by atoms with Crippen molar-refractivity contribution in [2.75, 3.05) is 27.2 Å². The van der Waals surface area contributed by atoms with Gasteiger partial charge >= 0.3 is 0 Å². The number of alkyl halides is 1. The van der Waals surface area contributed by atoms with Crippen LogP contribution in [0.3, 0.4) is 0 Å². The van der Waals surface area contributed by atoms with E-state index in [1.165, 1.54) is 7.05 Å². The molecule has 0 aliphatic carbocycles. The molecule has 1 fully saturated rings. The van der Waals surface area contributed by atoms with Gasteiger partial charge in [0.2, 0.25) is 5.91 Å². The second-order valence-electron chi connectivity index (χ2n) is 7.30. The Balaban J connectivity index is 1.83. The Morgan fingerprint density at radius 1 is 1.39 bits per heavy atom. The highest BCUT2D eigenvalue weighted by atomic mass is 19.1. The van der Waals surface area contributed by atoms with Gasteiger partial charge in [0.1, 0.15) is 24.0 Å². The minimum atomic E-state index is -1.72. The average molecular weight is 425 g/mol. The number of amides is 3. The molecule has 2 aliphatic rings. The number of ether oxygens (including phenoxy) is 1. The molecule has 0 unspecified atom stereocenters. The molecule has 0 bridgehead atoms. The van der Waals surface area contributed by atoms with Gasteiger partial charge in [-0.05, 0) is 24.6 Å². The minimum absolute atomic E-state index is 0.0263. The Labute approximate surface area is 177 Å². The van der Waals surface area contributed by atoms with E-state index in [1.54, 1.807) is 30.1 Å². The Hall–Kier alpha value is -3.87. The zero-order chi connectivity index (χ0) is 22.3. The smallest absolute Gasteiger partial charge is 0.270 e. The molecular formula is C21H20FN5O4. The summed E-state index contributed by atoms with van der Waals surface area (Å²) in [6.07, 6.45) is -1.07. The minimum Gasteiger partial charge on any atom is -0.488 e. The summed E-state index contributed by atoms with van der Waals surface area (Å²) in [4.78, 5) is 38.0. The summed E-state index contributed by atoms with van der Waals surface area (Å²) < 4.78 is 21.7. The predicted octanol–water partition coefficient (Wildman–Crippen LogP) is 0.564. The second kappa shape index (κ2) is 7.75. The number of rotatable bonds is 2. The van der Waals surface area contributed by atoms with Crippen molar-refractivity contribution in [3.63, 3.8) is 0 Å². The fraction of sp³-hybridized carbons (Fsp3) is 0.333. The largest absolute Gasteiger partial charge is 0.488 e. The first-order valence-electron chi connectivity index (χ1n) is 9.64. The zero-order valence-corrected chi connectivity index (χ0v) is 16.9. The Bertz CT molecular complexity index is 1160. The SMILES string of the molecule is CNC(=O)c1c(C(N)=O)nn2c1[C@@H](F)COc1ccc(C#C[C@@H]3CCN(C)C3=O)cc1-2. The van der Waals surface area contributed by atoms with Gasteiger partial charge in [-0.2, -0.15) is 5.10 Å². The molecule has 3 N–H and O–H groups in total. The molecule has 9 nitrogen and oxygen atoms in total. The van der Waals surface area contributed by atoms with Gasteiger partial charge in [-0.1, -0.05) is 11.8 Å². The van der Waals surface area contributed by atoms with Gasteiger partial charge in [-0.3, -0.25) is 14.4 Å². The van der Waals surface area contributed by atoms with Gasteiger partial charge in [-0.25, -0.2) is 9.07 Å². The first-order chi connectivity index (χ1) is 14.8. The molecule has 3 heterocycles. The van der Waals surface area contributed by atoms with Crippen molar-refractivity contribution in [2.45, 2.75) is 12.6 Å². The van der Waals surface area contributed by atoms with Crippen molar-refractivity contribution < 1.29 is 23.5 Å². The number of primary amides is 1. The fourth-order valence-electron chi connectivity index (χ4n) is 3.68. The third-order valence-corrected chi connectivity index (χ3v) is 5.30. The maximum atomic E-state index is 15.0. The number of fused-ring (bicyclic) bond motifs is 3. The summed E-state index contributed by atoms with van der Waals surface area (Å²) >= 11 is 0. The summed E-state index contributed by atoms with van der Waals surface area (Å²) in [5.74, 6) is 4.22. The highest BCUT2D eigenvalue weighted by Gasteiger charge is 2.35. The van der Waals surface area contributed by atoms with E-state index in [0.717, 1.165) is 4.68 Å². The van der Waals surface area contributed by atoms with E-state index in [4.69, 9.17) is 10.5 Å². The summed E-state index contributed by atoms with van der Waals surface area (Å²) in [7, 11) is 3.09. The van der Waals surface area contributed by atoms with Crippen LogP contribution < -0.4 is 15.8 Å². The molecule has 31 heavy (non-hydrogen) atoms. The van der Waals surface area contributed by atoms with E-state index in [1.807, 2.05) is 0 Å². The van der Waals surface area contributed by atoms with Crippen molar-refractivity contribution in [3.05, 3.63) is 40.7 Å². The van der Waals surface area contributed by atoms with Crippen molar-refractivity contribution >= 4 is 17.7 Å². The first-order valence-corrected chi connectivity index (χ1v) is 9.64. The van der Waals surface area contributed by atoms with Crippen molar-refractivity contribution in [1.29, 1.82) is 0 Å². The lowest BCUT2D eigenvalue weighted by molar-refractivity contribution is -0.128. The van der Waals surface area contributed by atoms with Crippen LogP contribution in [0.5, 0.6) is 5.75 Å². The van der Waals surface area contributed by atoms with Crippen LogP contribution in [0.2, 0.25) is 0 Å². The van der Waals surface area contributed by atoms with E-state index >= 15 is 0 Å². The number of likely N-dealkylation sites (tertiary alicyclic amines) is 1. The summed E-state index contributed by atoms with van der Waals surface area (Å²) in [6.45, 7) is 0.289. The lowest BCUT2D eigenvalue weighted by atomic mass is 10.1. The number of benzene rings is 1. The molecule has 10 heteroatoms. The zero-order valence-electron chi connectivity index (χ0n) is 16.9. The number of hydrogen-bond donors (Lipinski definition) is 2. The molecule has 2 atom stereocenters. The molecule has 0 radical (unpaired) electrons. The molecule has 2 aliphatic heterocycles. The molecule has 3 amide bonds. The van der Waals surface area contributed by atoms with Crippen molar-refractivity contribution in [1.82, 2.24) is 20.0 Å². The van der Waals surface area contributed by atoms with Crippen LogP contribution in [0.4, 0.5) is 4.39 Å². The van der Waals surface area contributed by atoms with E-state index < -0.39 is 18.0 Å². The van der Waals surface area contributed by atoms with Gasteiger partial charge < -0.3 is 20.7 Å². The molecule has 4 rings (SSSR count). The second-order valence-corrected chi connectivity index (χ2v) is 7.30. The number of halogens is 1. The summed E-state index contributed by atoms with van der Waals surface area (Å²) in [5, 5.41) is 6.51. The maximum Gasteiger partial charge on any atom is 0.270 e. The number of nitrogens with one attached hydrogen (secondary N) is 1. The Morgan fingerprint density at radius 3 is 2.81 bits per heavy atom. The lowest BCUT2D eigenvalue weighted by Gasteiger charge is -2.08. The number of nitrogens with zero attached hydrogens (tertiary/aromatic N) is 3. The quantitative estimate of drug-likeness (QED) is 0.682. The van der Waals surface area contributed by atoms with E-state index in [-0.39, 0.29) is 35.4 Å². The average Bonchev–Trinajstić information content (AvgIpc) is 3.27. The number of hydrogen-bond acceptors (Lipinski definition) is 5. The standard InChI is InChI=1S/C21H20FN5O4/c1-24-20(29)16-17(19(23)28)25-27-14-9-11(3-5-12-7-8-26(2)21(12)30)4-6-15(14)31-10-13(22)18(16)27/h4,6,9,12-13H,7-8,10H2,1-2H3,(H2,23,28)(H,24,29)/t12-,13+/m1/s1. The third kappa shape index (κ3) is 3.48. The van der Waals surface area contributed by atoms with Crippen LogP contribution in [0.1, 0.15) is 44.7 Å². The van der Waals surface area contributed by atoms with E-state index in [0.29, 0.717) is 30.0 Å². The summed E-state index contributed by atoms with van der Waals surface area (Å²) in [6, 6.07) is 4.90. The Kier molecular flexibility index (Phi) is 5.10. The van der Waals surface area contributed by atoms with Gasteiger partial charge in [0.15, 0.2) is 11.9 Å². The van der Waals surface area contributed by atoms with E-state index in [2.05, 4.69) is 22.3 Å². The first kappa shape index (κ1) is 20.4. The number of carbonyl (C=O) groups is 3. The van der Waals surface area contributed by atoms with Crippen LogP contribution >= 0.6 is 0 Å². The van der Waals surface area contributed by atoms with Gasteiger partial charge in [0.05, 0.1) is 11.3 Å². The van der Waals surface area contributed by atoms with E-state index in [9.17, 15) is 18.8 Å². The van der Waals surface area contributed by atoms with Gasteiger partial charge in [0.25, 0.3) is 11.8 Å². The molecule has 0 saturated carbocycles. The molecule has 1 aromatic heterocycles. The third-order valence-electron chi connectivity index (χ3n) is 5.30. The Morgan fingerprint density at radius 2 is 2.16 bits per heavy atom. The van der Waals surface area contributed by atoms with Crippen molar-refractivity contribution in [3.8, 4) is 23.3 Å². The van der Waals surface area contributed by atoms with Crippen molar-refractivity contribution in [2.24, 2.45) is 11.7 Å².